The van der Waals surface area contributed by atoms with Crippen molar-refractivity contribution in [3.63, 3.8) is 0 Å². The summed E-state index contributed by atoms with van der Waals surface area (Å²) in [7, 11) is 0. The van der Waals surface area contributed by atoms with Gasteiger partial charge in [-0.25, -0.2) is 4.79 Å². The molecule has 2 aliphatic heterocycles. The summed E-state index contributed by atoms with van der Waals surface area (Å²) >= 11 is 1.37. The van der Waals surface area contributed by atoms with Gasteiger partial charge in [0.15, 0.2) is 6.61 Å². The number of carboxylic acid groups (broad SMARTS) is 1. The lowest BCUT2D eigenvalue weighted by Gasteiger charge is -2.26. The van der Waals surface area contributed by atoms with E-state index in [0.29, 0.717) is 11.1 Å². The monoisotopic (exact) mass is 812 g/mol. The highest BCUT2D eigenvalue weighted by Gasteiger charge is 2.33. The molecule has 0 aliphatic carbocycles. The summed E-state index contributed by atoms with van der Waals surface area (Å²) in [6.45, 7) is -0.454. The number of carboxylic acids is 1. The molecule has 1 aromatic heterocycles. The molecule has 58 heavy (non-hydrogen) atoms. The van der Waals surface area contributed by atoms with Crippen molar-refractivity contribution in [1.29, 1.82) is 0 Å². The van der Waals surface area contributed by atoms with Gasteiger partial charge in [-0.05, 0) is 63.5 Å². The summed E-state index contributed by atoms with van der Waals surface area (Å²) in [5.41, 5.74) is 2.30. The van der Waals surface area contributed by atoms with E-state index in [1.54, 1.807) is 36.4 Å². The summed E-state index contributed by atoms with van der Waals surface area (Å²) in [5.74, 6) is -4.17. The number of rotatable bonds is 8. The van der Waals surface area contributed by atoms with Crippen LogP contribution in [0.3, 0.4) is 0 Å². The summed E-state index contributed by atoms with van der Waals surface area (Å²) in [6, 6.07) is 25.2. The predicted octanol–water partition coefficient (Wildman–Crippen LogP) is 5.12. The number of aliphatic carboxylic acids is 1. The SMILES string of the molecule is O=C1COc2ccc(cc2)C[C@@H](C(=O)O)NC(=O)[C@@H](Cc2ccc(C(F)(F)F)cc2)NC(=O)[C@H](Cc2ccc(-c3ccccc3)cc2)NC(=O)[C@@H](Cc2cccs2)N1. The third-order valence-corrected chi connectivity index (χ3v) is 10.4. The highest BCUT2D eigenvalue weighted by atomic mass is 32.1. The predicted molar refractivity (Wildman–Crippen MR) is 210 cm³/mol. The molecule has 3 heterocycles. The molecule has 5 aromatic rings. The van der Waals surface area contributed by atoms with Crippen LogP contribution in [-0.4, -0.2) is 65.5 Å². The van der Waals surface area contributed by atoms with E-state index in [4.69, 9.17) is 4.74 Å². The van der Waals surface area contributed by atoms with Crippen LogP contribution in [0.1, 0.15) is 27.1 Å². The molecule has 0 saturated carbocycles. The molecule has 7 rings (SSSR count). The molecular formula is C43H39F3N4O7S. The number of benzene rings is 4. The molecule has 15 heteroatoms. The van der Waals surface area contributed by atoms with Crippen molar-refractivity contribution in [3.8, 4) is 16.9 Å². The molecule has 4 atom stereocenters. The van der Waals surface area contributed by atoms with Crippen molar-refractivity contribution in [2.24, 2.45) is 0 Å². The molecule has 300 valence electrons. The molecule has 0 fully saturated rings. The maximum Gasteiger partial charge on any atom is 0.416 e. The number of fused-ring (bicyclic) bond motifs is 16. The van der Waals surface area contributed by atoms with Gasteiger partial charge < -0.3 is 31.1 Å². The first-order valence-corrected chi connectivity index (χ1v) is 19.2. The van der Waals surface area contributed by atoms with Crippen LogP contribution in [0.2, 0.25) is 0 Å². The van der Waals surface area contributed by atoms with Gasteiger partial charge in [0.2, 0.25) is 17.7 Å². The van der Waals surface area contributed by atoms with Gasteiger partial charge in [-0.2, -0.15) is 13.2 Å². The highest BCUT2D eigenvalue weighted by molar-refractivity contribution is 7.09. The lowest BCUT2D eigenvalue weighted by Crippen LogP contribution is -2.59. The van der Waals surface area contributed by atoms with Crippen LogP contribution < -0.4 is 26.0 Å². The van der Waals surface area contributed by atoms with Crippen molar-refractivity contribution in [2.75, 3.05) is 6.61 Å². The number of thiophene rings is 1. The minimum atomic E-state index is -4.62. The first-order chi connectivity index (χ1) is 27.8. The third-order valence-electron chi connectivity index (χ3n) is 9.47. The van der Waals surface area contributed by atoms with E-state index in [1.807, 2.05) is 47.8 Å². The lowest BCUT2D eigenvalue weighted by molar-refractivity contribution is -0.142. The van der Waals surface area contributed by atoms with E-state index in [0.717, 1.165) is 28.1 Å². The van der Waals surface area contributed by atoms with Crippen molar-refractivity contribution in [2.45, 2.75) is 56.0 Å². The van der Waals surface area contributed by atoms with Crippen LogP contribution >= 0.6 is 11.3 Å². The molecule has 0 radical (unpaired) electrons. The number of hydrogen-bond acceptors (Lipinski definition) is 7. The Balaban J connectivity index is 1.35. The smallest absolute Gasteiger partial charge is 0.416 e. The Morgan fingerprint density at radius 3 is 1.76 bits per heavy atom. The van der Waals surface area contributed by atoms with E-state index in [-0.39, 0.29) is 37.0 Å². The van der Waals surface area contributed by atoms with E-state index >= 15 is 0 Å². The van der Waals surface area contributed by atoms with Gasteiger partial charge in [0.05, 0.1) is 5.56 Å². The Labute approximate surface area is 335 Å². The number of halogens is 3. The molecule has 0 spiro atoms. The van der Waals surface area contributed by atoms with Crippen LogP contribution in [0, 0.1) is 0 Å². The summed E-state index contributed by atoms with van der Waals surface area (Å²) < 4.78 is 45.8. The fraction of sp³-hybridized carbons (Fsp3) is 0.233. The number of alkyl halides is 3. The van der Waals surface area contributed by atoms with Crippen LogP contribution in [0.25, 0.3) is 11.1 Å². The average Bonchev–Trinajstić information content (AvgIpc) is 3.73. The zero-order valence-corrected chi connectivity index (χ0v) is 31.6. The number of carbonyl (C=O) groups is 5. The van der Waals surface area contributed by atoms with Gasteiger partial charge in [-0.3, -0.25) is 19.2 Å². The van der Waals surface area contributed by atoms with Crippen molar-refractivity contribution >= 4 is 40.9 Å². The molecule has 2 bridgehead atoms. The van der Waals surface area contributed by atoms with Crippen LogP contribution in [0.15, 0.2) is 121 Å². The largest absolute Gasteiger partial charge is 0.484 e. The normalized spacial score (nSPS) is 19.6. The van der Waals surface area contributed by atoms with Crippen molar-refractivity contribution < 1.29 is 47.0 Å². The van der Waals surface area contributed by atoms with Gasteiger partial charge in [0, 0.05) is 30.6 Å². The van der Waals surface area contributed by atoms with Gasteiger partial charge >= 0.3 is 12.1 Å². The second-order valence-electron chi connectivity index (χ2n) is 13.7. The first kappa shape index (κ1) is 41.2. The number of amides is 4. The minimum Gasteiger partial charge on any atom is -0.484 e. The molecule has 5 N–H and O–H groups in total. The Kier molecular flexibility index (Phi) is 13.2. The number of carbonyl (C=O) groups excluding carboxylic acids is 4. The molecule has 11 nitrogen and oxygen atoms in total. The number of hydrogen-bond donors (Lipinski definition) is 5. The Hall–Kier alpha value is -6.48. The zero-order valence-electron chi connectivity index (χ0n) is 30.8. The lowest BCUT2D eigenvalue weighted by atomic mass is 9.98. The third kappa shape index (κ3) is 11.3. The highest BCUT2D eigenvalue weighted by Crippen LogP contribution is 2.29. The van der Waals surface area contributed by atoms with E-state index in [1.165, 1.54) is 35.6 Å². The molecular weight excluding hydrogens is 774 g/mol. The van der Waals surface area contributed by atoms with E-state index in [9.17, 15) is 42.3 Å². The van der Waals surface area contributed by atoms with Crippen LogP contribution in [-0.2, 0) is 55.8 Å². The molecule has 4 amide bonds. The van der Waals surface area contributed by atoms with Gasteiger partial charge in [0.25, 0.3) is 5.91 Å². The topological polar surface area (TPSA) is 163 Å². The number of nitrogens with one attached hydrogen (secondary N) is 4. The summed E-state index contributed by atoms with van der Waals surface area (Å²) in [4.78, 5) is 68.7. The Morgan fingerprint density at radius 1 is 0.655 bits per heavy atom. The Bertz CT molecular complexity index is 2200. The summed E-state index contributed by atoms with van der Waals surface area (Å²) in [5, 5.41) is 22.5. The fourth-order valence-corrected chi connectivity index (χ4v) is 7.13. The minimum absolute atomic E-state index is 0.0736. The fourth-order valence-electron chi connectivity index (χ4n) is 6.38. The maximum atomic E-state index is 14.3. The Morgan fingerprint density at radius 2 is 1.21 bits per heavy atom. The van der Waals surface area contributed by atoms with E-state index < -0.39 is 72.1 Å². The second-order valence-corrected chi connectivity index (χ2v) is 14.8. The van der Waals surface area contributed by atoms with Crippen LogP contribution in [0.4, 0.5) is 13.2 Å². The summed E-state index contributed by atoms with van der Waals surface area (Å²) in [6.07, 6.45) is -5.11. The van der Waals surface area contributed by atoms with Gasteiger partial charge in [0.1, 0.15) is 29.9 Å². The van der Waals surface area contributed by atoms with Crippen molar-refractivity contribution in [3.05, 3.63) is 148 Å². The second kappa shape index (κ2) is 18.6. The molecule has 0 saturated heterocycles. The molecule has 4 aromatic carbocycles. The van der Waals surface area contributed by atoms with Gasteiger partial charge in [-0.1, -0.05) is 84.9 Å². The molecule has 0 unspecified atom stereocenters. The first-order valence-electron chi connectivity index (χ1n) is 18.3. The standard InChI is InChI=1S/C43H39F3N4O7S/c44-43(45,46)31-16-10-27(11-17-31)22-35-40(53)50-37(42(55)56)23-28-12-18-32(19-13-28)57-25-38(51)47-36(24-33-7-4-20-58-33)41(54)49-34(39(52)48-35)21-26-8-14-30(15-9-26)29-5-2-1-3-6-29/h1-20,34-37H,21-25H2,(H,47,51)(H,48,52)(H,49,54)(H,50,53)(H,55,56)/t34-,35+,36+,37-/m0/s1. The zero-order chi connectivity index (χ0) is 41.2. The maximum absolute atomic E-state index is 14.3. The molecule has 2 aliphatic rings. The van der Waals surface area contributed by atoms with E-state index in [2.05, 4.69) is 21.3 Å². The van der Waals surface area contributed by atoms with Crippen molar-refractivity contribution in [1.82, 2.24) is 21.3 Å². The number of ether oxygens (including phenoxy) is 1. The van der Waals surface area contributed by atoms with Gasteiger partial charge in [-0.15, -0.1) is 11.3 Å². The van der Waals surface area contributed by atoms with Crippen LogP contribution in [0.5, 0.6) is 5.75 Å². The quantitative estimate of drug-likeness (QED) is 0.136. The average molecular weight is 813 g/mol.